The van der Waals surface area contributed by atoms with Crippen molar-refractivity contribution in [1.29, 1.82) is 0 Å². The molecule has 0 saturated carbocycles. The van der Waals surface area contributed by atoms with E-state index < -0.39 is 0 Å². The standard InChI is InChI=1S/C19H19ClN4O/c1-13-11-18(21-12-14-7-9-15(20)10-8-14)24-19(22-13)23-16-5-3-4-6-17(16)25-2/h3-11H,12H2,1-2H3,(H2,21,22,23,24). The van der Waals surface area contributed by atoms with Crippen LogP contribution < -0.4 is 15.4 Å². The molecule has 0 aliphatic rings. The van der Waals surface area contributed by atoms with Gasteiger partial charge in [-0.15, -0.1) is 0 Å². The van der Waals surface area contributed by atoms with E-state index in [9.17, 15) is 0 Å². The highest BCUT2D eigenvalue weighted by molar-refractivity contribution is 6.30. The van der Waals surface area contributed by atoms with Crippen molar-refractivity contribution in [1.82, 2.24) is 9.97 Å². The first-order chi connectivity index (χ1) is 12.1. The van der Waals surface area contributed by atoms with Gasteiger partial charge in [0.05, 0.1) is 12.8 Å². The van der Waals surface area contributed by atoms with Gasteiger partial charge in [-0.2, -0.15) is 4.98 Å². The summed E-state index contributed by atoms with van der Waals surface area (Å²) in [5, 5.41) is 7.24. The number of rotatable bonds is 6. The average molecular weight is 355 g/mol. The Morgan fingerprint density at radius 2 is 1.80 bits per heavy atom. The van der Waals surface area contributed by atoms with Crippen LogP contribution in [-0.4, -0.2) is 17.1 Å². The van der Waals surface area contributed by atoms with Gasteiger partial charge in [-0.1, -0.05) is 35.9 Å². The molecule has 6 heteroatoms. The Labute approximate surface area is 152 Å². The summed E-state index contributed by atoms with van der Waals surface area (Å²) in [6, 6.07) is 17.3. The molecular weight excluding hydrogens is 336 g/mol. The SMILES string of the molecule is COc1ccccc1Nc1nc(C)cc(NCc2ccc(Cl)cc2)n1. The van der Waals surface area contributed by atoms with E-state index in [1.54, 1.807) is 7.11 Å². The van der Waals surface area contributed by atoms with Gasteiger partial charge in [0.25, 0.3) is 0 Å². The molecule has 5 nitrogen and oxygen atoms in total. The van der Waals surface area contributed by atoms with E-state index in [0.29, 0.717) is 12.5 Å². The van der Waals surface area contributed by atoms with Crippen molar-refractivity contribution in [2.75, 3.05) is 17.7 Å². The number of hydrogen-bond acceptors (Lipinski definition) is 5. The van der Waals surface area contributed by atoms with Crippen LogP contribution in [0.15, 0.2) is 54.6 Å². The van der Waals surface area contributed by atoms with Gasteiger partial charge < -0.3 is 15.4 Å². The average Bonchev–Trinajstić information content (AvgIpc) is 2.61. The third-order valence-electron chi connectivity index (χ3n) is 3.59. The van der Waals surface area contributed by atoms with Crippen LogP contribution in [0.2, 0.25) is 5.02 Å². The molecule has 0 spiro atoms. The Morgan fingerprint density at radius 3 is 2.56 bits per heavy atom. The quantitative estimate of drug-likeness (QED) is 0.665. The van der Waals surface area contributed by atoms with Crippen molar-refractivity contribution >= 4 is 29.1 Å². The summed E-state index contributed by atoms with van der Waals surface area (Å²) in [5.74, 6) is 2.01. The van der Waals surface area contributed by atoms with Crippen molar-refractivity contribution in [2.24, 2.45) is 0 Å². The molecule has 1 heterocycles. The van der Waals surface area contributed by atoms with E-state index in [1.807, 2.05) is 61.5 Å². The second kappa shape index (κ2) is 7.85. The number of anilines is 3. The van der Waals surface area contributed by atoms with Crippen LogP contribution in [0.25, 0.3) is 0 Å². The van der Waals surface area contributed by atoms with Crippen LogP contribution in [0.1, 0.15) is 11.3 Å². The zero-order valence-electron chi connectivity index (χ0n) is 14.1. The Bertz CT molecular complexity index is 852. The second-order valence-electron chi connectivity index (χ2n) is 5.52. The fourth-order valence-corrected chi connectivity index (χ4v) is 2.50. The molecule has 0 saturated heterocycles. The first kappa shape index (κ1) is 17.0. The Hall–Kier alpha value is -2.79. The van der Waals surface area contributed by atoms with Crippen molar-refractivity contribution < 1.29 is 4.74 Å². The summed E-state index contributed by atoms with van der Waals surface area (Å²) >= 11 is 5.91. The lowest BCUT2D eigenvalue weighted by molar-refractivity contribution is 0.417. The zero-order chi connectivity index (χ0) is 17.6. The highest BCUT2D eigenvalue weighted by Gasteiger charge is 2.06. The molecule has 0 fully saturated rings. The molecule has 0 radical (unpaired) electrons. The molecule has 0 unspecified atom stereocenters. The van der Waals surface area contributed by atoms with Gasteiger partial charge in [-0.25, -0.2) is 4.98 Å². The number of nitrogens with one attached hydrogen (secondary N) is 2. The van der Waals surface area contributed by atoms with E-state index in [2.05, 4.69) is 20.6 Å². The fourth-order valence-electron chi connectivity index (χ4n) is 2.38. The maximum atomic E-state index is 5.91. The number of aromatic nitrogens is 2. The number of methoxy groups -OCH3 is 1. The van der Waals surface area contributed by atoms with Gasteiger partial charge in [0.15, 0.2) is 0 Å². The number of para-hydroxylation sites is 2. The minimum Gasteiger partial charge on any atom is -0.495 e. The molecular formula is C19H19ClN4O. The molecule has 2 N–H and O–H groups in total. The first-order valence-corrected chi connectivity index (χ1v) is 8.26. The number of nitrogens with zero attached hydrogens (tertiary/aromatic N) is 2. The summed E-state index contributed by atoms with van der Waals surface area (Å²) in [6.45, 7) is 2.59. The first-order valence-electron chi connectivity index (χ1n) is 7.88. The number of halogens is 1. The molecule has 0 atom stereocenters. The minimum absolute atomic E-state index is 0.517. The number of aryl methyl sites for hydroxylation is 1. The van der Waals surface area contributed by atoms with Gasteiger partial charge in [0.2, 0.25) is 5.95 Å². The van der Waals surface area contributed by atoms with Crippen molar-refractivity contribution in [3.05, 3.63) is 70.9 Å². The fraction of sp³-hybridized carbons (Fsp3) is 0.158. The van der Waals surface area contributed by atoms with Crippen LogP contribution in [0.5, 0.6) is 5.75 Å². The molecule has 3 aromatic rings. The summed E-state index contributed by atoms with van der Waals surface area (Å²) in [7, 11) is 1.64. The molecule has 0 bridgehead atoms. The van der Waals surface area contributed by atoms with Crippen molar-refractivity contribution in [3.8, 4) is 5.75 Å². The summed E-state index contributed by atoms with van der Waals surface area (Å²) < 4.78 is 5.35. The molecule has 0 aliphatic heterocycles. The highest BCUT2D eigenvalue weighted by Crippen LogP contribution is 2.26. The van der Waals surface area contributed by atoms with Crippen molar-refractivity contribution in [2.45, 2.75) is 13.5 Å². The highest BCUT2D eigenvalue weighted by atomic mass is 35.5. The predicted molar refractivity (Wildman–Crippen MR) is 102 cm³/mol. The smallest absolute Gasteiger partial charge is 0.229 e. The van der Waals surface area contributed by atoms with Crippen molar-refractivity contribution in [3.63, 3.8) is 0 Å². The van der Waals surface area contributed by atoms with E-state index in [-0.39, 0.29) is 0 Å². The monoisotopic (exact) mass is 354 g/mol. The van der Waals surface area contributed by atoms with Gasteiger partial charge in [-0.3, -0.25) is 0 Å². The molecule has 2 aromatic carbocycles. The van der Waals surface area contributed by atoms with Crippen LogP contribution >= 0.6 is 11.6 Å². The lowest BCUT2D eigenvalue weighted by atomic mass is 10.2. The Morgan fingerprint density at radius 1 is 1.04 bits per heavy atom. The maximum absolute atomic E-state index is 5.91. The lowest BCUT2D eigenvalue weighted by Gasteiger charge is -2.12. The third kappa shape index (κ3) is 4.61. The maximum Gasteiger partial charge on any atom is 0.229 e. The van der Waals surface area contributed by atoms with Crippen LogP contribution in [0.3, 0.4) is 0 Å². The Balaban J connectivity index is 1.75. The van der Waals surface area contributed by atoms with Gasteiger partial charge in [0.1, 0.15) is 11.6 Å². The number of benzene rings is 2. The summed E-state index contributed by atoms with van der Waals surface area (Å²) in [6.07, 6.45) is 0. The molecule has 1 aromatic heterocycles. The van der Waals surface area contributed by atoms with Gasteiger partial charge in [-0.05, 0) is 36.8 Å². The van der Waals surface area contributed by atoms with E-state index in [0.717, 1.165) is 33.5 Å². The molecule has 0 amide bonds. The number of ether oxygens (including phenoxy) is 1. The molecule has 128 valence electrons. The van der Waals surface area contributed by atoms with Crippen LogP contribution in [-0.2, 0) is 6.54 Å². The zero-order valence-corrected chi connectivity index (χ0v) is 14.8. The largest absolute Gasteiger partial charge is 0.495 e. The van der Waals surface area contributed by atoms with E-state index in [4.69, 9.17) is 16.3 Å². The van der Waals surface area contributed by atoms with Crippen LogP contribution in [0, 0.1) is 6.92 Å². The molecule has 3 rings (SSSR count). The number of hydrogen-bond donors (Lipinski definition) is 2. The summed E-state index contributed by atoms with van der Waals surface area (Å²) in [4.78, 5) is 8.96. The topological polar surface area (TPSA) is 59.1 Å². The third-order valence-corrected chi connectivity index (χ3v) is 3.85. The minimum atomic E-state index is 0.517. The van der Waals surface area contributed by atoms with Crippen LogP contribution in [0.4, 0.5) is 17.5 Å². The predicted octanol–water partition coefficient (Wildman–Crippen LogP) is 4.80. The summed E-state index contributed by atoms with van der Waals surface area (Å²) in [5.41, 5.74) is 2.81. The van der Waals surface area contributed by atoms with E-state index >= 15 is 0 Å². The van der Waals surface area contributed by atoms with Gasteiger partial charge >= 0.3 is 0 Å². The normalized spacial score (nSPS) is 10.4. The molecule has 0 aliphatic carbocycles. The van der Waals surface area contributed by atoms with Gasteiger partial charge in [0, 0.05) is 23.3 Å². The lowest BCUT2D eigenvalue weighted by Crippen LogP contribution is -2.06. The second-order valence-corrected chi connectivity index (χ2v) is 5.96. The molecule has 25 heavy (non-hydrogen) atoms. The Kier molecular flexibility index (Phi) is 5.36. The van der Waals surface area contributed by atoms with E-state index in [1.165, 1.54) is 0 Å².